The molecule has 0 aliphatic rings. The molecular weight excluding hydrogens is 262 g/mol. The summed E-state index contributed by atoms with van der Waals surface area (Å²) in [7, 11) is 0. The Labute approximate surface area is 123 Å². The van der Waals surface area contributed by atoms with Gasteiger partial charge in [0.05, 0.1) is 6.26 Å². The Hall–Kier alpha value is -2.55. The Morgan fingerprint density at radius 3 is 2.71 bits per heavy atom. The number of carbonyl (C=O) groups is 1. The van der Waals surface area contributed by atoms with Gasteiger partial charge in [-0.3, -0.25) is 4.79 Å². The number of benzene rings is 2. The van der Waals surface area contributed by atoms with E-state index in [0.717, 1.165) is 16.5 Å². The third-order valence-corrected chi connectivity index (χ3v) is 3.50. The molecule has 1 amide bonds. The maximum atomic E-state index is 12.5. The molecule has 3 heteroatoms. The van der Waals surface area contributed by atoms with Gasteiger partial charge in [0.15, 0.2) is 0 Å². The van der Waals surface area contributed by atoms with Crippen LogP contribution in [0.25, 0.3) is 10.8 Å². The summed E-state index contributed by atoms with van der Waals surface area (Å²) in [4.78, 5) is 12.5. The lowest BCUT2D eigenvalue weighted by molar-refractivity contribution is 0.0941. The fourth-order valence-corrected chi connectivity index (χ4v) is 2.51. The van der Waals surface area contributed by atoms with Crippen molar-refractivity contribution in [2.75, 3.05) is 0 Å². The van der Waals surface area contributed by atoms with Gasteiger partial charge in [0.2, 0.25) is 0 Å². The predicted molar refractivity (Wildman–Crippen MR) is 83.3 cm³/mol. The van der Waals surface area contributed by atoms with Crippen LogP contribution in [0.5, 0.6) is 0 Å². The zero-order chi connectivity index (χ0) is 14.7. The Balaban J connectivity index is 1.78. The first kappa shape index (κ1) is 13.4. The van der Waals surface area contributed by atoms with Gasteiger partial charge in [-0.2, -0.15) is 0 Å². The van der Waals surface area contributed by atoms with Crippen molar-refractivity contribution in [2.45, 2.75) is 19.4 Å². The lowest BCUT2D eigenvalue weighted by Crippen LogP contribution is -2.34. The second-order valence-corrected chi connectivity index (χ2v) is 5.18. The van der Waals surface area contributed by atoms with Crippen LogP contribution < -0.4 is 5.32 Å². The normalized spacial score (nSPS) is 12.2. The van der Waals surface area contributed by atoms with Crippen LogP contribution in [0.3, 0.4) is 0 Å². The number of furan rings is 1. The van der Waals surface area contributed by atoms with Crippen LogP contribution in [-0.2, 0) is 6.42 Å². The van der Waals surface area contributed by atoms with Crippen LogP contribution in [0.1, 0.15) is 23.0 Å². The van der Waals surface area contributed by atoms with E-state index in [4.69, 9.17) is 4.42 Å². The van der Waals surface area contributed by atoms with E-state index in [-0.39, 0.29) is 11.9 Å². The summed E-state index contributed by atoms with van der Waals surface area (Å²) >= 11 is 0. The van der Waals surface area contributed by atoms with Crippen molar-refractivity contribution in [1.29, 1.82) is 0 Å². The summed E-state index contributed by atoms with van der Waals surface area (Å²) in [6, 6.07) is 17.5. The van der Waals surface area contributed by atoms with Gasteiger partial charge in [0.25, 0.3) is 5.91 Å². The van der Waals surface area contributed by atoms with Gasteiger partial charge in [-0.15, -0.1) is 0 Å². The largest absolute Gasteiger partial charge is 0.469 e. The van der Waals surface area contributed by atoms with Crippen molar-refractivity contribution < 1.29 is 9.21 Å². The molecule has 0 spiro atoms. The summed E-state index contributed by atoms with van der Waals surface area (Å²) in [5, 5.41) is 5.08. The van der Waals surface area contributed by atoms with Crippen molar-refractivity contribution in [3.05, 3.63) is 72.2 Å². The Kier molecular flexibility index (Phi) is 3.73. The van der Waals surface area contributed by atoms with E-state index in [9.17, 15) is 4.79 Å². The number of amides is 1. The summed E-state index contributed by atoms with van der Waals surface area (Å²) in [6.07, 6.45) is 2.33. The zero-order valence-electron chi connectivity index (χ0n) is 11.9. The van der Waals surface area contributed by atoms with E-state index in [1.807, 2.05) is 61.5 Å². The highest BCUT2D eigenvalue weighted by molar-refractivity contribution is 6.07. The van der Waals surface area contributed by atoms with Crippen molar-refractivity contribution in [2.24, 2.45) is 0 Å². The first-order valence-corrected chi connectivity index (χ1v) is 7.05. The number of nitrogens with one attached hydrogen (secondary N) is 1. The maximum absolute atomic E-state index is 12.5. The molecule has 106 valence electrons. The summed E-state index contributed by atoms with van der Waals surface area (Å²) in [5.74, 6) is 0.826. The monoisotopic (exact) mass is 279 g/mol. The lowest BCUT2D eigenvalue weighted by Gasteiger charge is -2.13. The van der Waals surface area contributed by atoms with Crippen LogP contribution >= 0.6 is 0 Å². The molecule has 1 heterocycles. The third kappa shape index (κ3) is 2.97. The number of carbonyl (C=O) groups excluding carboxylic acids is 1. The van der Waals surface area contributed by atoms with Crippen LogP contribution in [0.4, 0.5) is 0 Å². The minimum atomic E-state index is -0.0501. The van der Waals surface area contributed by atoms with Gasteiger partial charge in [-0.25, -0.2) is 0 Å². The second-order valence-electron chi connectivity index (χ2n) is 5.18. The molecule has 3 aromatic rings. The van der Waals surface area contributed by atoms with Crippen molar-refractivity contribution >= 4 is 16.7 Å². The molecule has 0 saturated carbocycles. The van der Waals surface area contributed by atoms with Crippen molar-refractivity contribution in [3.8, 4) is 0 Å². The molecule has 0 aliphatic heterocycles. The van der Waals surface area contributed by atoms with Gasteiger partial charge in [0, 0.05) is 18.0 Å². The lowest BCUT2D eigenvalue weighted by atomic mass is 10.0. The van der Waals surface area contributed by atoms with E-state index in [2.05, 4.69) is 5.32 Å². The Bertz CT molecular complexity index is 742. The molecule has 21 heavy (non-hydrogen) atoms. The average molecular weight is 279 g/mol. The molecule has 0 aliphatic carbocycles. The topological polar surface area (TPSA) is 42.2 Å². The highest BCUT2D eigenvalue weighted by atomic mass is 16.3. The Morgan fingerprint density at radius 1 is 1.10 bits per heavy atom. The molecule has 0 fully saturated rings. The first-order valence-electron chi connectivity index (χ1n) is 7.05. The van der Waals surface area contributed by atoms with E-state index >= 15 is 0 Å². The second kappa shape index (κ2) is 5.83. The molecule has 3 nitrogen and oxygen atoms in total. The number of fused-ring (bicyclic) bond motifs is 1. The predicted octanol–water partition coefficient (Wildman–Crippen LogP) is 3.79. The van der Waals surface area contributed by atoms with Gasteiger partial charge < -0.3 is 9.73 Å². The highest BCUT2D eigenvalue weighted by Gasteiger charge is 2.13. The number of hydrogen-bond acceptors (Lipinski definition) is 2. The maximum Gasteiger partial charge on any atom is 0.252 e. The van der Waals surface area contributed by atoms with Crippen LogP contribution in [0.2, 0.25) is 0 Å². The summed E-state index contributed by atoms with van der Waals surface area (Å²) < 4.78 is 5.31. The van der Waals surface area contributed by atoms with Crippen molar-refractivity contribution in [1.82, 2.24) is 5.32 Å². The molecule has 0 bridgehead atoms. The SMILES string of the molecule is CC(Cc1ccco1)NC(=O)c1cccc2ccccc12. The molecule has 1 N–H and O–H groups in total. The molecule has 3 rings (SSSR count). The van der Waals surface area contributed by atoms with Crippen LogP contribution in [0, 0.1) is 0 Å². The van der Waals surface area contributed by atoms with E-state index in [1.165, 1.54) is 0 Å². The minimum absolute atomic E-state index is 0.0163. The quantitative estimate of drug-likeness (QED) is 0.789. The zero-order valence-corrected chi connectivity index (χ0v) is 11.9. The highest BCUT2D eigenvalue weighted by Crippen LogP contribution is 2.18. The van der Waals surface area contributed by atoms with Crippen LogP contribution in [0.15, 0.2) is 65.3 Å². The Morgan fingerprint density at radius 2 is 1.90 bits per heavy atom. The van der Waals surface area contributed by atoms with E-state index in [1.54, 1.807) is 6.26 Å². The first-order chi connectivity index (χ1) is 10.2. The number of hydrogen-bond donors (Lipinski definition) is 1. The van der Waals surface area contributed by atoms with Gasteiger partial charge in [-0.05, 0) is 35.9 Å². The third-order valence-electron chi connectivity index (χ3n) is 3.50. The molecule has 1 atom stereocenters. The molecule has 1 aromatic heterocycles. The molecule has 2 aromatic carbocycles. The van der Waals surface area contributed by atoms with Gasteiger partial charge in [0.1, 0.15) is 5.76 Å². The summed E-state index contributed by atoms with van der Waals surface area (Å²) in [6.45, 7) is 1.98. The minimum Gasteiger partial charge on any atom is -0.469 e. The fraction of sp³-hybridized carbons (Fsp3) is 0.167. The van der Waals surface area contributed by atoms with E-state index in [0.29, 0.717) is 12.0 Å². The van der Waals surface area contributed by atoms with Gasteiger partial charge in [-0.1, -0.05) is 36.4 Å². The van der Waals surface area contributed by atoms with Gasteiger partial charge >= 0.3 is 0 Å². The van der Waals surface area contributed by atoms with Crippen LogP contribution in [-0.4, -0.2) is 11.9 Å². The average Bonchev–Trinajstić information content (AvgIpc) is 2.99. The van der Waals surface area contributed by atoms with Crippen molar-refractivity contribution in [3.63, 3.8) is 0 Å². The van der Waals surface area contributed by atoms with E-state index < -0.39 is 0 Å². The molecular formula is C18H17NO2. The standard InChI is InChI=1S/C18H17NO2/c1-13(12-15-8-5-11-21-15)19-18(20)17-10-4-7-14-6-2-3-9-16(14)17/h2-11,13H,12H2,1H3,(H,19,20). The molecule has 0 saturated heterocycles. The smallest absolute Gasteiger partial charge is 0.252 e. The fourth-order valence-electron chi connectivity index (χ4n) is 2.51. The summed E-state index contributed by atoms with van der Waals surface area (Å²) in [5.41, 5.74) is 0.708. The number of rotatable bonds is 4. The molecule has 0 radical (unpaired) electrons. The molecule has 1 unspecified atom stereocenters.